The SMILES string of the molecule is COc1ccccc1OCc1ccc(C(=O)N2CCCc3cccc(C)c32)o1. The van der Waals surface area contributed by atoms with Gasteiger partial charge in [0.15, 0.2) is 17.3 Å². The van der Waals surface area contributed by atoms with Crippen molar-refractivity contribution in [1.82, 2.24) is 0 Å². The molecule has 0 atom stereocenters. The van der Waals surface area contributed by atoms with Gasteiger partial charge in [-0.2, -0.15) is 0 Å². The minimum absolute atomic E-state index is 0.112. The molecule has 0 aliphatic carbocycles. The first kappa shape index (κ1) is 18.2. The highest BCUT2D eigenvalue weighted by atomic mass is 16.5. The number of furan rings is 1. The summed E-state index contributed by atoms with van der Waals surface area (Å²) in [5.74, 6) is 2.10. The van der Waals surface area contributed by atoms with Crippen LogP contribution in [-0.4, -0.2) is 19.6 Å². The van der Waals surface area contributed by atoms with Gasteiger partial charge in [0.25, 0.3) is 5.91 Å². The average molecular weight is 377 g/mol. The lowest BCUT2D eigenvalue weighted by Crippen LogP contribution is -2.35. The summed E-state index contributed by atoms with van der Waals surface area (Å²) in [4.78, 5) is 14.9. The van der Waals surface area contributed by atoms with Crippen molar-refractivity contribution >= 4 is 11.6 Å². The van der Waals surface area contributed by atoms with E-state index in [1.165, 1.54) is 5.56 Å². The Balaban J connectivity index is 1.50. The van der Waals surface area contributed by atoms with Crippen LogP contribution in [0.25, 0.3) is 0 Å². The molecule has 1 aromatic heterocycles. The number of anilines is 1. The Morgan fingerprint density at radius 2 is 1.89 bits per heavy atom. The average Bonchev–Trinajstić information content (AvgIpc) is 3.21. The van der Waals surface area contributed by atoms with Crippen molar-refractivity contribution < 1.29 is 18.7 Å². The molecule has 0 saturated heterocycles. The number of rotatable bonds is 5. The van der Waals surface area contributed by atoms with Gasteiger partial charge in [0.1, 0.15) is 12.4 Å². The molecular formula is C23H23NO4. The van der Waals surface area contributed by atoms with E-state index in [1.807, 2.05) is 48.2 Å². The number of nitrogens with zero attached hydrogens (tertiary/aromatic N) is 1. The molecule has 4 rings (SSSR count). The van der Waals surface area contributed by atoms with Crippen LogP contribution in [0.4, 0.5) is 5.69 Å². The second-order valence-electron chi connectivity index (χ2n) is 6.85. The Labute approximate surface area is 164 Å². The van der Waals surface area contributed by atoms with E-state index < -0.39 is 0 Å². The fraction of sp³-hybridized carbons (Fsp3) is 0.261. The molecule has 0 saturated carbocycles. The van der Waals surface area contributed by atoms with Crippen molar-refractivity contribution in [2.24, 2.45) is 0 Å². The van der Waals surface area contributed by atoms with Crippen LogP contribution in [-0.2, 0) is 13.0 Å². The molecule has 0 N–H and O–H groups in total. The van der Waals surface area contributed by atoms with Crippen LogP contribution >= 0.6 is 0 Å². The van der Waals surface area contributed by atoms with E-state index in [9.17, 15) is 4.79 Å². The third-order valence-electron chi connectivity index (χ3n) is 4.98. The van der Waals surface area contributed by atoms with E-state index >= 15 is 0 Å². The minimum atomic E-state index is -0.112. The van der Waals surface area contributed by atoms with Gasteiger partial charge in [-0.15, -0.1) is 0 Å². The Morgan fingerprint density at radius 1 is 1.07 bits per heavy atom. The normalized spacial score (nSPS) is 13.1. The summed E-state index contributed by atoms with van der Waals surface area (Å²) in [6.45, 7) is 2.97. The molecular weight excluding hydrogens is 354 g/mol. The van der Waals surface area contributed by atoms with Crippen LogP contribution in [0.2, 0.25) is 0 Å². The number of para-hydroxylation sites is 3. The number of hydrogen-bond donors (Lipinski definition) is 0. The molecule has 2 heterocycles. The fourth-order valence-corrected chi connectivity index (χ4v) is 3.64. The summed E-state index contributed by atoms with van der Waals surface area (Å²) in [5, 5.41) is 0. The van der Waals surface area contributed by atoms with Crippen molar-refractivity contribution in [2.75, 3.05) is 18.6 Å². The number of hydrogen-bond acceptors (Lipinski definition) is 4. The fourth-order valence-electron chi connectivity index (χ4n) is 3.64. The molecule has 5 heteroatoms. The number of carbonyl (C=O) groups excluding carboxylic acids is 1. The predicted octanol–water partition coefficient (Wildman–Crippen LogP) is 4.77. The quantitative estimate of drug-likeness (QED) is 0.643. The first-order valence-corrected chi connectivity index (χ1v) is 9.42. The molecule has 0 radical (unpaired) electrons. The monoisotopic (exact) mass is 377 g/mol. The summed E-state index contributed by atoms with van der Waals surface area (Å²) < 4.78 is 16.9. The van der Waals surface area contributed by atoms with E-state index in [1.54, 1.807) is 19.2 Å². The van der Waals surface area contributed by atoms with Crippen LogP contribution < -0.4 is 14.4 Å². The predicted molar refractivity (Wildman–Crippen MR) is 107 cm³/mol. The van der Waals surface area contributed by atoms with E-state index in [2.05, 4.69) is 6.07 Å². The Kier molecular flexibility index (Phi) is 5.06. The molecule has 1 amide bonds. The Hall–Kier alpha value is -3.21. The third kappa shape index (κ3) is 3.48. The second-order valence-corrected chi connectivity index (χ2v) is 6.85. The van der Waals surface area contributed by atoms with Crippen molar-refractivity contribution in [3.63, 3.8) is 0 Å². The van der Waals surface area contributed by atoms with Gasteiger partial charge in [0, 0.05) is 6.54 Å². The number of methoxy groups -OCH3 is 1. The summed E-state index contributed by atoms with van der Waals surface area (Å²) in [5.41, 5.74) is 3.34. The molecule has 28 heavy (non-hydrogen) atoms. The maximum atomic E-state index is 13.1. The number of fused-ring (bicyclic) bond motifs is 1. The highest BCUT2D eigenvalue weighted by molar-refractivity contribution is 6.05. The van der Waals surface area contributed by atoms with Crippen LogP contribution in [0, 0.1) is 6.92 Å². The summed E-state index contributed by atoms with van der Waals surface area (Å²) in [7, 11) is 1.60. The summed E-state index contributed by atoms with van der Waals surface area (Å²) >= 11 is 0. The van der Waals surface area contributed by atoms with E-state index in [0.29, 0.717) is 29.6 Å². The highest BCUT2D eigenvalue weighted by Gasteiger charge is 2.27. The zero-order chi connectivity index (χ0) is 19.5. The van der Waals surface area contributed by atoms with Gasteiger partial charge in [0.2, 0.25) is 0 Å². The topological polar surface area (TPSA) is 51.9 Å². The molecule has 0 spiro atoms. The lowest BCUT2D eigenvalue weighted by atomic mass is 9.98. The van der Waals surface area contributed by atoms with Crippen molar-refractivity contribution in [3.8, 4) is 11.5 Å². The van der Waals surface area contributed by atoms with Gasteiger partial charge < -0.3 is 18.8 Å². The molecule has 0 fully saturated rings. The summed E-state index contributed by atoms with van der Waals surface area (Å²) in [6, 6.07) is 17.1. The highest BCUT2D eigenvalue weighted by Crippen LogP contribution is 2.32. The molecule has 0 bridgehead atoms. The van der Waals surface area contributed by atoms with Gasteiger partial charge in [-0.1, -0.05) is 30.3 Å². The molecule has 1 aliphatic rings. The van der Waals surface area contributed by atoms with E-state index in [-0.39, 0.29) is 12.5 Å². The number of aryl methyl sites for hydroxylation is 2. The second kappa shape index (κ2) is 7.80. The van der Waals surface area contributed by atoms with Gasteiger partial charge >= 0.3 is 0 Å². The number of ether oxygens (including phenoxy) is 2. The number of amides is 1. The first-order chi connectivity index (χ1) is 13.7. The van der Waals surface area contributed by atoms with Crippen LogP contribution in [0.1, 0.15) is 33.9 Å². The van der Waals surface area contributed by atoms with Gasteiger partial charge in [-0.05, 0) is 55.2 Å². The molecule has 3 aromatic rings. The van der Waals surface area contributed by atoms with E-state index in [0.717, 1.165) is 24.1 Å². The van der Waals surface area contributed by atoms with Gasteiger partial charge in [0.05, 0.1) is 12.8 Å². The van der Waals surface area contributed by atoms with Crippen LogP contribution in [0.5, 0.6) is 11.5 Å². The minimum Gasteiger partial charge on any atom is -0.493 e. The molecule has 5 nitrogen and oxygen atoms in total. The summed E-state index contributed by atoms with van der Waals surface area (Å²) in [6.07, 6.45) is 1.95. The Morgan fingerprint density at radius 3 is 2.71 bits per heavy atom. The zero-order valence-electron chi connectivity index (χ0n) is 16.1. The van der Waals surface area contributed by atoms with Gasteiger partial charge in [-0.3, -0.25) is 4.79 Å². The van der Waals surface area contributed by atoms with Crippen molar-refractivity contribution in [2.45, 2.75) is 26.4 Å². The Bertz CT molecular complexity index is 992. The molecule has 144 valence electrons. The maximum absolute atomic E-state index is 13.1. The van der Waals surface area contributed by atoms with Crippen molar-refractivity contribution in [1.29, 1.82) is 0 Å². The maximum Gasteiger partial charge on any atom is 0.293 e. The van der Waals surface area contributed by atoms with Crippen LogP contribution in [0.3, 0.4) is 0 Å². The standard InChI is InChI=1S/C23H23NO4/c1-16-7-5-8-17-9-6-14-24(22(16)17)23(25)21-13-12-18(28-21)15-27-20-11-4-3-10-19(20)26-2/h3-5,7-8,10-13H,6,9,14-15H2,1-2H3. The first-order valence-electron chi connectivity index (χ1n) is 9.42. The number of carbonyl (C=O) groups is 1. The smallest absolute Gasteiger partial charge is 0.293 e. The lowest BCUT2D eigenvalue weighted by Gasteiger charge is -2.30. The van der Waals surface area contributed by atoms with Crippen molar-refractivity contribution in [3.05, 3.63) is 77.2 Å². The number of benzene rings is 2. The van der Waals surface area contributed by atoms with Gasteiger partial charge in [-0.25, -0.2) is 0 Å². The lowest BCUT2D eigenvalue weighted by molar-refractivity contribution is 0.0954. The largest absolute Gasteiger partial charge is 0.493 e. The molecule has 0 unspecified atom stereocenters. The molecule has 2 aromatic carbocycles. The van der Waals surface area contributed by atoms with Crippen LogP contribution in [0.15, 0.2) is 59.0 Å². The molecule has 1 aliphatic heterocycles. The third-order valence-corrected chi connectivity index (χ3v) is 4.98. The van der Waals surface area contributed by atoms with E-state index in [4.69, 9.17) is 13.9 Å². The zero-order valence-corrected chi connectivity index (χ0v) is 16.1.